The van der Waals surface area contributed by atoms with Gasteiger partial charge in [0.2, 0.25) is 0 Å². The van der Waals surface area contributed by atoms with E-state index in [0.29, 0.717) is 17.2 Å². The van der Waals surface area contributed by atoms with E-state index in [2.05, 4.69) is 12.0 Å². The fraction of sp³-hybridized carbons (Fsp3) is 0.250. The molecule has 3 aromatic rings. The van der Waals surface area contributed by atoms with Crippen LogP contribution in [0.25, 0.3) is 0 Å². The van der Waals surface area contributed by atoms with Crippen LogP contribution < -0.4 is 14.1 Å². The molecule has 4 nitrogen and oxygen atoms in total. The number of rotatable bonds is 7. The molecule has 0 fully saturated rings. The molecule has 0 heterocycles. The molecule has 0 radical (unpaired) electrons. The van der Waals surface area contributed by atoms with Gasteiger partial charge in [0.15, 0.2) is 0 Å². The van der Waals surface area contributed by atoms with Crippen molar-refractivity contribution in [3.8, 4) is 11.5 Å². The van der Waals surface area contributed by atoms with Crippen LogP contribution in [0.1, 0.15) is 34.7 Å². The van der Waals surface area contributed by atoms with Crippen molar-refractivity contribution in [2.24, 2.45) is 0 Å². The van der Waals surface area contributed by atoms with Crippen molar-refractivity contribution in [2.45, 2.75) is 41.0 Å². The van der Waals surface area contributed by atoms with Crippen LogP contribution in [0, 0.1) is 27.7 Å². The first kappa shape index (κ1) is 21.0. The molecule has 5 heteroatoms. The molecule has 0 unspecified atom stereocenters. The standard InChI is InChI=1S/C24H28NO3P/c1-6-21-12-9-13-22(16-21)25-29(26,27-23-14-7-10-17(2)19(23)4)28-24-15-8-11-18(3)20(24)5/h7-16H,6H2,1-5H3,(H,25,26). The van der Waals surface area contributed by atoms with Gasteiger partial charge in [0, 0.05) is 5.69 Å². The Bertz CT molecular complexity index is 1000. The highest BCUT2D eigenvalue weighted by Gasteiger charge is 2.30. The van der Waals surface area contributed by atoms with Crippen LogP contribution >= 0.6 is 7.75 Å². The summed E-state index contributed by atoms with van der Waals surface area (Å²) in [6.07, 6.45) is 0.884. The van der Waals surface area contributed by atoms with Crippen LogP contribution in [0.5, 0.6) is 11.5 Å². The fourth-order valence-corrected chi connectivity index (χ4v) is 4.49. The third kappa shape index (κ3) is 5.02. The quantitative estimate of drug-likeness (QED) is 0.421. The Morgan fingerprint density at radius 1 is 0.793 bits per heavy atom. The molecule has 0 aromatic heterocycles. The van der Waals surface area contributed by atoms with Gasteiger partial charge in [-0.15, -0.1) is 0 Å². The molecule has 29 heavy (non-hydrogen) atoms. The van der Waals surface area contributed by atoms with Crippen molar-refractivity contribution in [1.82, 2.24) is 0 Å². The van der Waals surface area contributed by atoms with Gasteiger partial charge < -0.3 is 9.05 Å². The first-order chi connectivity index (χ1) is 13.8. The topological polar surface area (TPSA) is 47.6 Å². The summed E-state index contributed by atoms with van der Waals surface area (Å²) >= 11 is 0. The zero-order valence-corrected chi connectivity index (χ0v) is 18.5. The minimum absolute atomic E-state index is 0.540. The first-order valence-corrected chi connectivity index (χ1v) is 11.3. The summed E-state index contributed by atoms with van der Waals surface area (Å²) in [4.78, 5) is 0. The second-order valence-electron chi connectivity index (χ2n) is 7.24. The van der Waals surface area contributed by atoms with E-state index in [1.807, 2.05) is 88.4 Å². The molecule has 0 atom stereocenters. The van der Waals surface area contributed by atoms with E-state index < -0.39 is 7.75 Å². The van der Waals surface area contributed by atoms with E-state index in [4.69, 9.17) is 9.05 Å². The van der Waals surface area contributed by atoms with Crippen molar-refractivity contribution in [2.75, 3.05) is 5.09 Å². The molecule has 0 aliphatic rings. The summed E-state index contributed by atoms with van der Waals surface area (Å²) in [5.41, 5.74) is 5.83. The number of hydrogen-bond acceptors (Lipinski definition) is 3. The zero-order chi connectivity index (χ0) is 21.0. The van der Waals surface area contributed by atoms with Crippen molar-refractivity contribution < 1.29 is 13.6 Å². The van der Waals surface area contributed by atoms with Gasteiger partial charge in [0.1, 0.15) is 11.5 Å². The summed E-state index contributed by atoms with van der Waals surface area (Å²) in [5.74, 6) is 1.08. The van der Waals surface area contributed by atoms with Crippen molar-refractivity contribution in [3.63, 3.8) is 0 Å². The van der Waals surface area contributed by atoms with Gasteiger partial charge in [0.05, 0.1) is 0 Å². The summed E-state index contributed by atoms with van der Waals surface area (Å²) in [6, 6.07) is 19.2. The first-order valence-electron chi connectivity index (χ1n) is 9.80. The minimum Gasteiger partial charge on any atom is -0.400 e. The Morgan fingerprint density at radius 2 is 1.31 bits per heavy atom. The molecule has 0 aliphatic heterocycles. The normalized spacial score (nSPS) is 11.2. The van der Waals surface area contributed by atoms with E-state index in [-0.39, 0.29) is 0 Å². The van der Waals surface area contributed by atoms with Crippen LogP contribution in [-0.2, 0) is 11.0 Å². The van der Waals surface area contributed by atoms with Gasteiger partial charge in [-0.3, -0.25) is 5.09 Å². The Hall–Kier alpha value is -2.71. The molecule has 0 spiro atoms. The number of benzene rings is 3. The second kappa shape index (κ2) is 8.75. The average molecular weight is 409 g/mol. The molecule has 0 bridgehead atoms. The summed E-state index contributed by atoms with van der Waals surface area (Å²) < 4.78 is 25.9. The summed E-state index contributed by atoms with van der Waals surface area (Å²) in [6.45, 7) is 9.97. The van der Waals surface area contributed by atoms with E-state index >= 15 is 0 Å². The molecule has 0 aliphatic carbocycles. The van der Waals surface area contributed by atoms with Crippen LogP contribution in [0.2, 0.25) is 0 Å². The Balaban J connectivity index is 2.00. The van der Waals surface area contributed by atoms with Crippen molar-refractivity contribution in [3.05, 3.63) is 88.5 Å². The monoisotopic (exact) mass is 409 g/mol. The molecular weight excluding hydrogens is 381 g/mol. The van der Waals surface area contributed by atoms with Crippen LogP contribution in [-0.4, -0.2) is 0 Å². The highest BCUT2D eigenvalue weighted by molar-refractivity contribution is 7.56. The minimum atomic E-state index is -3.76. The van der Waals surface area contributed by atoms with Crippen LogP contribution in [0.15, 0.2) is 60.7 Å². The Labute approximate surface area is 173 Å². The van der Waals surface area contributed by atoms with E-state index in [1.54, 1.807) is 0 Å². The summed E-state index contributed by atoms with van der Waals surface area (Å²) in [7, 11) is -3.76. The largest absolute Gasteiger partial charge is 0.541 e. The third-order valence-electron chi connectivity index (χ3n) is 5.15. The highest BCUT2D eigenvalue weighted by atomic mass is 31.2. The maximum Gasteiger partial charge on any atom is 0.541 e. The lowest BCUT2D eigenvalue weighted by Gasteiger charge is -2.23. The van der Waals surface area contributed by atoms with Crippen molar-refractivity contribution in [1.29, 1.82) is 0 Å². The molecule has 0 saturated carbocycles. The lowest BCUT2D eigenvalue weighted by atomic mass is 10.1. The molecular formula is C24H28NO3P. The molecule has 0 saturated heterocycles. The number of anilines is 1. The molecule has 3 aromatic carbocycles. The van der Waals surface area contributed by atoms with Crippen molar-refractivity contribution >= 4 is 13.4 Å². The molecule has 1 N–H and O–H groups in total. The molecule has 0 amide bonds. The van der Waals surface area contributed by atoms with Gasteiger partial charge in [-0.1, -0.05) is 43.3 Å². The van der Waals surface area contributed by atoms with Gasteiger partial charge >= 0.3 is 7.75 Å². The summed E-state index contributed by atoms with van der Waals surface area (Å²) in [5, 5.41) is 3.03. The predicted octanol–water partition coefficient (Wildman–Crippen LogP) is 7.16. The SMILES string of the molecule is CCc1cccc(NP(=O)(Oc2cccc(C)c2C)Oc2cccc(C)c2C)c1. The maximum atomic E-state index is 13.9. The third-order valence-corrected chi connectivity index (χ3v) is 6.55. The lowest BCUT2D eigenvalue weighted by Crippen LogP contribution is -2.11. The van der Waals surface area contributed by atoms with Crippen LogP contribution in [0.4, 0.5) is 5.69 Å². The number of hydrogen-bond donors (Lipinski definition) is 1. The predicted molar refractivity (Wildman–Crippen MR) is 120 cm³/mol. The Morgan fingerprint density at radius 3 is 1.83 bits per heavy atom. The fourth-order valence-electron chi connectivity index (χ4n) is 2.99. The second-order valence-corrected chi connectivity index (χ2v) is 8.83. The average Bonchev–Trinajstić information content (AvgIpc) is 2.69. The zero-order valence-electron chi connectivity index (χ0n) is 17.7. The highest BCUT2D eigenvalue weighted by Crippen LogP contribution is 2.50. The van der Waals surface area contributed by atoms with Gasteiger partial charge in [0.25, 0.3) is 0 Å². The van der Waals surface area contributed by atoms with Gasteiger partial charge in [-0.05, 0) is 86.2 Å². The number of nitrogens with one attached hydrogen (secondary N) is 1. The van der Waals surface area contributed by atoms with Gasteiger partial charge in [-0.2, -0.15) is 0 Å². The molecule has 3 rings (SSSR count). The van der Waals surface area contributed by atoms with E-state index in [1.165, 1.54) is 0 Å². The van der Waals surface area contributed by atoms with Crippen LogP contribution in [0.3, 0.4) is 0 Å². The van der Waals surface area contributed by atoms with E-state index in [9.17, 15) is 4.57 Å². The molecule has 152 valence electrons. The smallest absolute Gasteiger partial charge is 0.400 e. The van der Waals surface area contributed by atoms with Gasteiger partial charge in [-0.25, -0.2) is 4.57 Å². The number of aryl methyl sites for hydroxylation is 3. The Kier molecular flexibility index (Phi) is 6.34. The lowest BCUT2D eigenvalue weighted by molar-refractivity contribution is 0.390. The van der Waals surface area contributed by atoms with E-state index in [0.717, 1.165) is 34.2 Å². The maximum absolute atomic E-state index is 13.9.